The van der Waals surface area contributed by atoms with E-state index in [1.165, 1.54) is 4.90 Å². The number of hydrogen-bond acceptors (Lipinski definition) is 7. The summed E-state index contributed by atoms with van der Waals surface area (Å²) in [7, 11) is 0. The number of hydrogen-bond donors (Lipinski definition) is 4. The number of carbonyl (C=O) groups excluding carboxylic acids is 1. The molecule has 2 atom stereocenters. The average Bonchev–Trinajstić information content (AvgIpc) is 3.35. The van der Waals surface area contributed by atoms with Gasteiger partial charge in [-0.1, -0.05) is 6.07 Å². The second-order valence-electron chi connectivity index (χ2n) is 9.80. The van der Waals surface area contributed by atoms with Crippen LogP contribution in [-0.2, 0) is 4.74 Å². The minimum Gasteiger partial charge on any atom is -0.394 e. The second-order valence-corrected chi connectivity index (χ2v) is 9.80. The number of aryl methyl sites for hydroxylation is 1. The van der Waals surface area contributed by atoms with Crippen molar-refractivity contribution in [1.29, 1.82) is 0 Å². The zero-order chi connectivity index (χ0) is 27.3. The zero-order valence-electron chi connectivity index (χ0n) is 21.3. The van der Waals surface area contributed by atoms with Gasteiger partial charge >= 0.3 is 12.2 Å². The number of aliphatic hydroxyl groups excluding tert-OH is 2. The fraction of sp³-hybridized carbons (Fsp3) is 0.538. The maximum absolute atomic E-state index is 12.8. The molecule has 4 N–H and O–H groups in total. The molecule has 2 unspecified atom stereocenters. The number of rotatable bonds is 8. The lowest BCUT2D eigenvalue weighted by Gasteiger charge is -2.29. The molecule has 208 valence electrons. The van der Waals surface area contributed by atoms with E-state index < -0.39 is 30.7 Å². The highest BCUT2D eigenvalue weighted by atomic mass is 19.4. The highest BCUT2D eigenvalue weighted by Crippen LogP contribution is 2.33. The number of anilines is 3. The van der Waals surface area contributed by atoms with Gasteiger partial charge in [0.25, 0.3) is 0 Å². The Labute approximate surface area is 219 Å². The van der Waals surface area contributed by atoms with Gasteiger partial charge in [-0.05, 0) is 60.2 Å². The maximum atomic E-state index is 12.8. The Kier molecular flexibility index (Phi) is 8.95. The summed E-state index contributed by atoms with van der Waals surface area (Å²) in [4.78, 5) is 21.0. The minimum atomic E-state index is -4.24. The smallest absolute Gasteiger partial charge is 0.389 e. The summed E-state index contributed by atoms with van der Waals surface area (Å²) in [5, 5.41) is 24.9. The van der Waals surface area contributed by atoms with Crippen LogP contribution in [0.1, 0.15) is 18.4 Å². The Morgan fingerprint density at radius 1 is 1.21 bits per heavy atom. The van der Waals surface area contributed by atoms with E-state index in [4.69, 9.17) is 9.84 Å². The normalized spacial score (nSPS) is 18.9. The number of amides is 2. The first-order valence-corrected chi connectivity index (χ1v) is 12.7. The number of urea groups is 1. The number of alkyl halides is 3. The molecule has 2 amide bonds. The molecule has 2 aromatic rings. The van der Waals surface area contributed by atoms with Gasteiger partial charge in [-0.15, -0.1) is 0 Å². The van der Waals surface area contributed by atoms with Crippen molar-refractivity contribution in [2.75, 3.05) is 68.1 Å². The number of halogens is 3. The molecular formula is C26H34F3N5O4. The average molecular weight is 538 g/mol. The van der Waals surface area contributed by atoms with Gasteiger partial charge in [-0.3, -0.25) is 0 Å². The Balaban J connectivity index is 1.54. The van der Waals surface area contributed by atoms with E-state index >= 15 is 0 Å². The molecule has 0 radical (unpaired) electrons. The standard InChI is InChI=1S/C26H34F3N5O4/c1-17-2-3-20(31-25(37)34-5-4-18(15-34)13-26(27,28)29)12-22(17)19-10-23(30-14-21(36)16-35)32-24(11-19)33-6-8-38-9-7-33/h2-3,10-12,18,21,35-36H,4-9,13-16H2,1H3,(H,30,32)(H,31,37). The van der Waals surface area contributed by atoms with Crippen LogP contribution >= 0.6 is 0 Å². The monoisotopic (exact) mass is 537 g/mol. The highest BCUT2D eigenvalue weighted by Gasteiger charge is 2.36. The third-order valence-electron chi connectivity index (χ3n) is 6.77. The van der Waals surface area contributed by atoms with Crippen LogP contribution in [0.5, 0.6) is 0 Å². The van der Waals surface area contributed by atoms with Crippen molar-refractivity contribution in [2.45, 2.75) is 32.0 Å². The van der Waals surface area contributed by atoms with Gasteiger partial charge in [0.2, 0.25) is 0 Å². The van der Waals surface area contributed by atoms with E-state index in [2.05, 4.69) is 20.5 Å². The van der Waals surface area contributed by atoms with E-state index in [9.17, 15) is 23.1 Å². The molecule has 0 spiro atoms. The number of aliphatic hydroxyl groups is 2. The molecular weight excluding hydrogens is 503 g/mol. The van der Waals surface area contributed by atoms with Crippen LogP contribution in [0.25, 0.3) is 11.1 Å². The first kappa shape index (κ1) is 27.9. The Morgan fingerprint density at radius 2 is 1.97 bits per heavy atom. The number of benzene rings is 1. The summed E-state index contributed by atoms with van der Waals surface area (Å²) >= 11 is 0. The van der Waals surface area contributed by atoms with E-state index in [1.807, 2.05) is 31.2 Å². The number of morpholine rings is 1. The van der Waals surface area contributed by atoms with Gasteiger partial charge in [0.05, 0.1) is 25.9 Å². The molecule has 4 rings (SSSR count). The van der Waals surface area contributed by atoms with Crippen molar-refractivity contribution >= 4 is 23.4 Å². The summed E-state index contributed by atoms with van der Waals surface area (Å²) in [5.41, 5.74) is 3.17. The van der Waals surface area contributed by atoms with Gasteiger partial charge in [-0.2, -0.15) is 13.2 Å². The molecule has 9 nitrogen and oxygen atoms in total. The first-order valence-electron chi connectivity index (χ1n) is 12.7. The molecule has 2 saturated heterocycles. The number of nitrogens with one attached hydrogen (secondary N) is 2. The number of carbonyl (C=O) groups is 1. The number of likely N-dealkylation sites (tertiary alicyclic amines) is 1. The summed E-state index contributed by atoms with van der Waals surface area (Å²) < 4.78 is 43.7. The van der Waals surface area contributed by atoms with Crippen molar-refractivity contribution < 1.29 is 32.9 Å². The molecule has 38 heavy (non-hydrogen) atoms. The minimum absolute atomic E-state index is 0.0754. The summed E-state index contributed by atoms with van der Waals surface area (Å²) in [5.74, 6) is 0.673. The molecule has 0 saturated carbocycles. The lowest BCUT2D eigenvalue weighted by Crippen LogP contribution is -2.36. The largest absolute Gasteiger partial charge is 0.394 e. The number of ether oxygens (including phenoxy) is 1. The van der Waals surface area contributed by atoms with Crippen molar-refractivity contribution in [3.8, 4) is 11.1 Å². The number of nitrogens with zero attached hydrogens (tertiary/aromatic N) is 3. The molecule has 2 aliphatic heterocycles. The predicted molar refractivity (Wildman–Crippen MR) is 138 cm³/mol. The predicted octanol–water partition coefficient (Wildman–Crippen LogP) is 3.46. The Bertz CT molecular complexity index is 1110. The molecule has 1 aromatic carbocycles. The zero-order valence-corrected chi connectivity index (χ0v) is 21.3. The molecule has 2 aliphatic rings. The van der Waals surface area contributed by atoms with Crippen LogP contribution in [0.15, 0.2) is 30.3 Å². The second kappa shape index (κ2) is 12.2. The van der Waals surface area contributed by atoms with Crippen LogP contribution < -0.4 is 15.5 Å². The van der Waals surface area contributed by atoms with Gasteiger partial charge in [-0.25, -0.2) is 9.78 Å². The summed E-state index contributed by atoms with van der Waals surface area (Å²) in [6.07, 6.45) is -5.73. The van der Waals surface area contributed by atoms with Crippen LogP contribution in [-0.4, -0.2) is 91.0 Å². The fourth-order valence-corrected chi connectivity index (χ4v) is 4.73. The molecule has 12 heteroatoms. The first-order chi connectivity index (χ1) is 18.1. The van der Waals surface area contributed by atoms with Gasteiger partial charge < -0.3 is 35.4 Å². The van der Waals surface area contributed by atoms with E-state index in [-0.39, 0.29) is 26.2 Å². The Hall–Kier alpha value is -3.09. The van der Waals surface area contributed by atoms with Crippen LogP contribution in [0, 0.1) is 12.8 Å². The highest BCUT2D eigenvalue weighted by molar-refractivity contribution is 5.91. The third-order valence-corrected chi connectivity index (χ3v) is 6.77. The topological polar surface area (TPSA) is 110 Å². The fourth-order valence-electron chi connectivity index (χ4n) is 4.73. The molecule has 3 heterocycles. The summed E-state index contributed by atoms with van der Waals surface area (Å²) in [6.45, 7) is 4.57. The van der Waals surface area contributed by atoms with Crippen molar-refractivity contribution in [3.63, 3.8) is 0 Å². The maximum Gasteiger partial charge on any atom is 0.389 e. The Morgan fingerprint density at radius 3 is 2.68 bits per heavy atom. The SMILES string of the molecule is Cc1ccc(NC(=O)N2CCC(CC(F)(F)F)C2)cc1-c1cc(NCC(O)CO)nc(N2CCOCC2)c1. The van der Waals surface area contributed by atoms with Gasteiger partial charge in [0, 0.05) is 44.8 Å². The molecule has 1 aromatic heterocycles. The van der Waals surface area contributed by atoms with Gasteiger partial charge in [0.1, 0.15) is 11.6 Å². The van der Waals surface area contributed by atoms with E-state index in [0.717, 1.165) is 22.5 Å². The quantitative estimate of drug-likeness (QED) is 0.408. The van der Waals surface area contributed by atoms with Crippen molar-refractivity contribution in [1.82, 2.24) is 9.88 Å². The van der Waals surface area contributed by atoms with E-state index in [1.54, 1.807) is 6.07 Å². The lowest BCUT2D eigenvalue weighted by molar-refractivity contribution is -0.143. The van der Waals surface area contributed by atoms with Crippen LogP contribution in [0.3, 0.4) is 0 Å². The third kappa shape index (κ3) is 7.49. The van der Waals surface area contributed by atoms with E-state index in [0.29, 0.717) is 44.2 Å². The molecule has 0 bridgehead atoms. The molecule has 2 fully saturated rings. The van der Waals surface area contributed by atoms with Crippen LogP contribution in [0.4, 0.5) is 35.3 Å². The number of aromatic nitrogens is 1. The summed E-state index contributed by atoms with van der Waals surface area (Å²) in [6, 6.07) is 8.84. The molecule has 0 aliphatic carbocycles. The van der Waals surface area contributed by atoms with Crippen molar-refractivity contribution in [3.05, 3.63) is 35.9 Å². The number of pyridine rings is 1. The lowest BCUT2D eigenvalue weighted by atomic mass is 10.00. The van der Waals surface area contributed by atoms with Gasteiger partial charge in [0.15, 0.2) is 0 Å². The van der Waals surface area contributed by atoms with Crippen LogP contribution in [0.2, 0.25) is 0 Å². The van der Waals surface area contributed by atoms with Crippen molar-refractivity contribution in [2.24, 2.45) is 5.92 Å².